The molecule has 2 heterocycles. The summed E-state index contributed by atoms with van der Waals surface area (Å²) in [5, 5.41) is 14.1. The number of aromatic nitrogens is 2. The molecule has 1 aliphatic heterocycles. The predicted octanol–water partition coefficient (Wildman–Crippen LogP) is 2.39. The molecule has 0 unspecified atom stereocenters. The zero-order valence-corrected chi connectivity index (χ0v) is 11.4. The molecule has 1 N–H and O–H groups in total. The van der Waals surface area contributed by atoms with Crippen molar-refractivity contribution >= 4 is 11.3 Å². The Labute approximate surface area is 115 Å². The van der Waals surface area contributed by atoms with Gasteiger partial charge in [-0.1, -0.05) is 11.3 Å². The van der Waals surface area contributed by atoms with E-state index in [2.05, 4.69) is 27.6 Å². The van der Waals surface area contributed by atoms with Crippen LogP contribution in [0.3, 0.4) is 0 Å². The van der Waals surface area contributed by atoms with Gasteiger partial charge in [0.2, 0.25) is 0 Å². The number of ether oxygens (including phenoxy) is 1. The van der Waals surface area contributed by atoms with E-state index in [-0.39, 0.29) is 0 Å². The Morgan fingerprint density at radius 2 is 2.26 bits per heavy atom. The average Bonchev–Trinajstić information content (AvgIpc) is 2.96. The van der Waals surface area contributed by atoms with Crippen molar-refractivity contribution < 1.29 is 4.74 Å². The van der Waals surface area contributed by atoms with E-state index < -0.39 is 0 Å². The van der Waals surface area contributed by atoms with Crippen LogP contribution in [0.1, 0.15) is 23.4 Å². The fourth-order valence-corrected chi connectivity index (χ4v) is 3.07. The van der Waals surface area contributed by atoms with E-state index in [4.69, 9.17) is 4.74 Å². The minimum Gasteiger partial charge on any atom is -0.493 e. The van der Waals surface area contributed by atoms with Crippen LogP contribution in [0, 0.1) is 0 Å². The SMILES string of the molecule is c1cc2c(cc1-c1nnc(CNC3CC3)s1)CCO2. The van der Waals surface area contributed by atoms with Gasteiger partial charge in [0, 0.05) is 24.6 Å². The zero-order chi connectivity index (χ0) is 12.7. The number of nitrogens with zero attached hydrogens (tertiary/aromatic N) is 2. The van der Waals surface area contributed by atoms with E-state index in [1.54, 1.807) is 11.3 Å². The van der Waals surface area contributed by atoms with Gasteiger partial charge in [-0.15, -0.1) is 10.2 Å². The van der Waals surface area contributed by atoms with Crippen LogP contribution in [-0.4, -0.2) is 22.8 Å². The van der Waals surface area contributed by atoms with Crippen LogP contribution in [0.4, 0.5) is 0 Å². The maximum Gasteiger partial charge on any atom is 0.147 e. The van der Waals surface area contributed by atoms with Crippen molar-refractivity contribution in [1.82, 2.24) is 15.5 Å². The summed E-state index contributed by atoms with van der Waals surface area (Å²) in [4.78, 5) is 0. The van der Waals surface area contributed by atoms with Gasteiger partial charge in [-0.25, -0.2) is 0 Å². The number of fused-ring (bicyclic) bond motifs is 1. The van der Waals surface area contributed by atoms with Crippen molar-refractivity contribution in [3.8, 4) is 16.3 Å². The fraction of sp³-hybridized carbons (Fsp3) is 0.429. The van der Waals surface area contributed by atoms with E-state index in [1.807, 2.05) is 6.07 Å². The number of rotatable bonds is 4. The molecule has 1 saturated carbocycles. The highest BCUT2D eigenvalue weighted by atomic mass is 32.1. The molecule has 0 atom stereocenters. The molecule has 4 rings (SSSR count). The Morgan fingerprint density at radius 3 is 3.16 bits per heavy atom. The quantitative estimate of drug-likeness (QED) is 0.929. The highest BCUT2D eigenvalue weighted by Crippen LogP contribution is 2.31. The normalized spacial score (nSPS) is 17.3. The molecule has 1 aliphatic carbocycles. The molecule has 19 heavy (non-hydrogen) atoms. The van der Waals surface area contributed by atoms with Crippen LogP contribution in [0.25, 0.3) is 10.6 Å². The smallest absolute Gasteiger partial charge is 0.147 e. The summed E-state index contributed by atoms with van der Waals surface area (Å²) in [5.41, 5.74) is 2.43. The third-order valence-corrected chi connectivity index (χ3v) is 4.49. The van der Waals surface area contributed by atoms with Gasteiger partial charge in [0.05, 0.1) is 6.61 Å². The predicted molar refractivity (Wildman–Crippen MR) is 74.4 cm³/mol. The Bertz CT molecular complexity index is 606. The molecule has 0 saturated heterocycles. The second kappa shape index (κ2) is 4.58. The lowest BCUT2D eigenvalue weighted by atomic mass is 10.1. The lowest BCUT2D eigenvalue weighted by Crippen LogP contribution is -2.14. The van der Waals surface area contributed by atoms with Gasteiger partial charge in [-0.3, -0.25) is 0 Å². The minimum absolute atomic E-state index is 0.712. The molecule has 0 bridgehead atoms. The Balaban J connectivity index is 1.54. The summed E-state index contributed by atoms with van der Waals surface area (Å²) in [5.74, 6) is 1.02. The molecule has 98 valence electrons. The van der Waals surface area contributed by atoms with Crippen LogP contribution >= 0.6 is 11.3 Å². The summed E-state index contributed by atoms with van der Waals surface area (Å²) in [7, 11) is 0. The highest BCUT2D eigenvalue weighted by molar-refractivity contribution is 7.14. The van der Waals surface area contributed by atoms with Crippen LogP contribution in [0.5, 0.6) is 5.75 Å². The van der Waals surface area contributed by atoms with Crippen molar-refractivity contribution in [3.63, 3.8) is 0 Å². The fourth-order valence-electron chi connectivity index (χ4n) is 2.28. The van der Waals surface area contributed by atoms with E-state index in [9.17, 15) is 0 Å². The van der Waals surface area contributed by atoms with Crippen molar-refractivity contribution in [2.24, 2.45) is 0 Å². The molecule has 1 aromatic heterocycles. The van der Waals surface area contributed by atoms with Gasteiger partial charge >= 0.3 is 0 Å². The monoisotopic (exact) mass is 273 g/mol. The van der Waals surface area contributed by atoms with E-state index in [0.717, 1.165) is 40.9 Å². The summed E-state index contributed by atoms with van der Waals surface area (Å²) in [6.45, 7) is 1.64. The van der Waals surface area contributed by atoms with E-state index in [1.165, 1.54) is 18.4 Å². The van der Waals surface area contributed by atoms with Gasteiger partial charge in [0.15, 0.2) is 0 Å². The molecule has 5 heteroatoms. The first-order valence-electron chi connectivity index (χ1n) is 6.70. The van der Waals surface area contributed by atoms with Gasteiger partial charge in [0.25, 0.3) is 0 Å². The van der Waals surface area contributed by atoms with Gasteiger partial charge < -0.3 is 10.1 Å². The van der Waals surface area contributed by atoms with Gasteiger partial charge in [-0.05, 0) is 36.6 Å². The lowest BCUT2D eigenvalue weighted by Gasteiger charge is -2.00. The second-order valence-corrected chi connectivity index (χ2v) is 6.14. The van der Waals surface area contributed by atoms with E-state index >= 15 is 0 Å². The molecule has 4 nitrogen and oxygen atoms in total. The molecular formula is C14H15N3OS. The van der Waals surface area contributed by atoms with E-state index in [0.29, 0.717) is 6.04 Å². The summed E-state index contributed by atoms with van der Waals surface area (Å²) >= 11 is 1.68. The van der Waals surface area contributed by atoms with Crippen molar-refractivity contribution in [1.29, 1.82) is 0 Å². The summed E-state index contributed by atoms with van der Waals surface area (Å²) < 4.78 is 5.52. The standard InChI is InChI=1S/C14H15N3OS/c1-4-12-9(5-6-18-12)7-10(1)14-17-16-13(19-14)8-15-11-2-3-11/h1,4,7,11,15H,2-3,5-6,8H2. The third kappa shape index (κ3) is 2.35. The highest BCUT2D eigenvalue weighted by Gasteiger charge is 2.21. The van der Waals surface area contributed by atoms with Gasteiger partial charge in [0.1, 0.15) is 15.8 Å². The molecular weight excluding hydrogens is 258 g/mol. The Kier molecular flexibility index (Phi) is 2.74. The van der Waals surface area contributed by atoms with Crippen LogP contribution in [-0.2, 0) is 13.0 Å². The first-order valence-corrected chi connectivity index (χ1v) is 7.52. The molecule has 2 aromatic rings. The maximum absolute atomic E-state index is 5.52. The molecule has 2 aliphatic rings. The lowest BCUT2D eigenvalue weighted by molar-refractivity contribution is 0.357. The molecule has 0 spiro atoms. The third-order valence-electron chi connectivity index (χ3n) is 3.52. The largest absolute Gasteiger partial charge is 0.493 e. The number of nitrogens with one attached hydrogen (secondary N) is 1. The Hall–Kier alpha value is -1.46. The molecule has 1 fully saturated rings. The first-order chi connectivity index (χ1) is 9.38. The summed E-state index contributed by atoms with van der Waals surface area (Å²) in [6.07, 6.45) is 3.60. The van der Waals surface area contributed by atoms with Crippen molar-refractivity contribution in [3.05, 3.63) is 28.8 Å². The second-order valence-electron chi connectivity index (χ2n) is 5.08. The molecule has 1 aromatic carbocycles. The van der Waals surface area contributed by atoms with Crippen molar-refractivity contribution in [2.75, 3.05) is 6.61 Å². The first kappa shape index (κ1) is 11.4. The molecule has 0 radical (unpaired) electrons. The van der Waals surface area contributed by atoms with Crippen molar-refractivity contribution in [2.45, 2.75) is 31.8 Å². The number of hydrogen-bond acceptors (Lipinski definition) is 5. The number of benzene rings is 1. The number of hydrogen-bond donors (Lipinski definition) is 1. The van der Waals surface area contributed by atoms with Crippen LogP contribution < -0.4 is 10.1 Å². The zero-order valence-electron chi connectivity index (χ0n) is 10.6. The molecule has 0 amide bonds. The van der Waals surface area contributed by atoms with Crippen LogP contribution in [0.2, 0.25) is 0 Å². The Morgan fingerprint density at radius 1 is 1.32 bits per heavy atom. The summed E-state index contributed by atoms with van der Waals surface area (Å²) in [6, 6.07) is 7.01. The average molecular weight is 273 g/mol. The topological polar surface area (TPSA) is 47.0 Å². The minimum atomic E-state index is 0.712. The maximum atomic E-state index is 5.52. The van der Waals surface area contributed by atoms with Gasteiger partial charge in [-0.2, -0.15) is 0 Å². The van der Waals surface area contributed by atoms with Crippen LogP contribution in [0.15, 0.2) is 18.2 Å².